The Bertz CT molecular complexity index is 229. The summed E-state index contributed by atoms with van der Waals surface area (Å²) in [6.07, 6.45) is 5.12. The summed E-state index contributed by atoms with van der Waals surface area (Å²) in [6, 6.07) is 0. The molecule has 0 fully saturated rings. The lowest BCUT2D eigenvalue weighted by molar-refractivity contribution is 0.851. The zero-order valence-corrected chi connectivity index (χ0v) is 4.07. The fourth-order valence-corrected chi connectivity index (χ4v) is 0.642. The van der Waals surface area contributed by atoms with Crippen LogP contribution in [0.2, 0.25) is 0 Å². The maximum absolute atomic E-state index is 3.85. The Hall–Kier alpha value is -1.32. The van der Waals surface area contributed by atoms with Crippen molar-refractivity contribution in [3.63, 3.8) is 0 Å². The molecule has 0 aliphatic heterocycles. The molecule has 0 aliphatic rings. The van der Waals surface area contributed by atoms with Crippen LogP contribution in [0.5, 0.6) is 0 Å². The predicted octanol–water partition coefficient (Wildman–Crippen LogP) is 0.0574. The van der Waals surface area contributed by atoms with E-state index in [1.807, 2.05) is 0 Å². The van der Waals surface area contributed by atoms with Crippen LogP contribution in [0.3, 0.4) is 0 Å². The highest BCUT2D eigenvalue weighted by atomic mass is 15.4. The number of fused-ring (bicyclic) bond motifs is 1. The van der Waals surface area contributed by atoms with Crippen LogP contribution in [0.4, 0.5) is 0 Å². The number of rotatable bonds is 0. The molecule has 4 heteroatoms. The summed E-state index contributed by atoms with van der Waals surface area (Å²) in [5, 5.41) is 6.46. The second-order valence-corrected chi connectivity index (χ2v) is 1.55. The van der Waals surface area contributed by atoms with Crippen LogP contribution in [0.15, 0.2) is 18.7 Å². The van der Waals surface area contributed by atoms with Crippen LogP contribution in [-0.2, 0) is 0 Å². The van der Waals surface area contributed by atoms with Gasteiger partial charge in [0, 0.05) is 0 Å². The molecule has 2 rings (SSSR count). The fraction of sp³-hybridized carbons (Fsp3) is 0. The molecule has 2 aromatic rings. The van der Waals surface area contributed by atoms with Crippen LogP contribution in [0.1, 0.15) is 0 Å². The number of hydrogen-bond acceptors (Lipinski definition) is 2. The van der Waals surface area contributed by atoms with Crippen LogP contribution >= 0.6 is 0 Å². The lowest BCUT2D eigenvalue weighted by atomic mass is 10.7. The van der Waals surface area contributed by atoms with Crippen molar-refractivity contribution < 1.29 is 0 Å². The molecule has 0 saturated carbocycles. The molecule has 0 unspecified atom stereocenters. The molecule has 40 valence electrons. The largest absolute Gasteiger partial charge is 0.243 e. The molecule has 2 heterocycles. The third kappa shape index (κ3) is 0.294. The van der Waals surface area contributed by atoms with Gasteiger partial charge in [0.2, 0.25) is 0 Å². The van der Waals surface area contributed by atoms with Crippen LogP contribution < -0.4 is 0 Å². The molecular weight excluding hydrogens is 104 g/mol. The van der Waals surface area contributed by atoms with Gasteiger partial charge in [-0.2, -0.15) is 5.10 Å². The minimum atomic E-state index is 0.991. The minimum absolute atomic E-state index is 0.991. The van der Waals surface area contributed by atoms with Gasteiger partial charge in [0.15, 0.2) is 0 Å². The summed E-state index contributed by atoms with van der Waals surface area (Å²) in [4.78, 5) is 3.85. The molecule has 0 bridgehead atoms. The average molecular weight is 108 g/mol. The molecule has 0 radical (unpaired) electrons. The molecule has 0 atom stereocenters. The van der Waals surface area contributed by atoms with E-state index in [4.69, 9.17) is 0 Å². The maximum atomic E-state index is 3.85. The van der Waals surface area contributed by atoms with E-state index in [0.717, 1.165) is 5.52 Å². The quantitative estimate of drug-likeness (QED) is 0.518. The van der Waals surface area contributed by atoms with E-state index in [2.05, 4.69) is 15.3 Å². The molecule has 4 nitrogen and oxygen atoms in total. The number of aromatic amines is 1. The van der Waals surface area contributed by atoms with Gasteiger partial charge in [-0.05, 0) is 0 Å². The highest BCUT2D eigenvalue weighted by molar-refractivity contribution is 5.39. The SMILES string of the molecule is c1ncn2[nH]ncc12. The molecule has 0 saturated heterocycles. The van der Waals surface area contributed by atoms with Gasteiger partial charge in [0.1, 0.15) is 11.8 Å². The van der Waals surface area contributed by atoms with Gasteiger partial charge >= 0.3 is 0 Å². The minimum Gasteiger partial charge on any atom is -0.243 e. The molecule has 0 aliphatic carbocycles. The van der Waals surface area contributed by atoms with Crippen molar-refractivity contribution in [2.75, 3.05) is 0 Å². The third-order valence-corrected chi connectivity index (χ3v) is 1.03. The van der Waals surface area contributed by atoms with E-state index >= 15 is 0 Å². The first-order valence-electron chi connectivity index (χ1n) is 2.28. The number of hydrogen-bond donors (Lipinski definition) is 1. The van der Waals surface area contributed by atoms with Gasteiger partial charge in [0.25, 0.3) is 0 Å². The zero-order chi connectivity index (χ0) is 5.40. The Balaban J connectivity index is 3.06. The Labute approximate surface area is 45.1 Å². The van der Waals surface area contributed by atoms with E-state index in [-0.39, 0.29) is 0 Å². The van der Waals surface area contributed by atoms with Gasteiger partial charge in [0.05, 0.1) is 12.4 Å². The first kappa shape index (κ1) is 3.65. The van der Waals surface area contributed by atoms with Gasteiger partial charge < -0.3 is 0 Å². The average Bonchev–Trinajstić information content (AvgIpc) is 2.15. The summed E-state index contributed by atoms with van der Waals surface area (Å²) >= 11 is 0. The predicted molar refractivity (Wildman–Crippen MR) is 27.3 cm³/mol. The molecular formula is C4H4N4. The van der Waals surface area contributed by atoms with Crippen molar-refractivity contribution in [3.05, 3.63) is 18.7 Å². The van der Waals surface area contributed by atoms with Gasteiger partial charge in [-0.1, -0.05) is 0 Å². The first-order valence-corrected chi connectivity index (χ1v) is 2.28. The number of H-pyrrole nitrogens is 1. The second-order valence-electron chi connectivity index (χ2n) is 1.55. The number of nitrogens with zero attached hydrogens (tertiary/aromatic N) is 3. The summed E-state index contributed by atoms with van der Waals surface area (Å²) in [5.74, 6) is 0. The van der Waals surface area contributed by atoms with E-state index < -0.39 is 0 Å². The van der Waals surface area contributed by atoms with Crippen LogP contribution in [0.25, 0.3) is 5.52 Å². The van der Waals surface area contributed by atoms with Gasteiger partial charge in [-0.15, -0.1) is 0 Å². The molecule has 0 amide bonds. The lowest BCUT2D eigenvalue weighted by Crippen LogP contribution is -1.77. The van der Waals surface area contributed by atoms with E-state index in [0.29, 0.717) is 0 Å². The topological polar surface area (TPSA) is 46.0 Å². The van der Waals surface area contributed by atoms with Crippen molar-refractivity contribution in [1.29, 1.82) is 0 Å². The maximum Gasteiger partial charge on any atom is 0.117 e. The zero-order valence-electron chi connectivity index (χ0n) is 4.07. The summed E-state index contributed by atoms with van der Waals surface area (Å²) in [5.41, 5.74) is 0.991. The van der Waals surface area contributed by atoms with Crippen molar-refractivity contribution >= 4 is 5.52 Å². The highest BCUT2D eigenvalue weighted by Gasteiger charge is 1.88. The van der Waals surface area contributed by atoms with Crippen LogP contribution in [-0.4, -0.2) is 19.8 Å². The Morgan fingerprint density at radius 1 is 1.50 bits per heavy atom. The molecule has 0 aromatic carbocycles. The summed E-state index contributed by atoms with van der Waals surface area (Å²) in [6.45, 7) is 0. The standard InChI is InChI=1S/C4H4N4/c1-4-2-6-7-8(4)3-5-1/h1-3,7H. The molecule has 2 aromatic heterocycles. The van der Waals surface area contributed by atoms with Crippen molar-refractivity contribution in [1.82, 2.24) is 19.8 Å². The monoisotopic (exact) mass is 108 g/mol. The van der Waals surface area contributed by atoms with Crippen molar-refractivity contribution in [2.24, 2.45) is 0 Å². The van der Waals surface area contributed by atoms with E-state index in [1.165, 1.54) is 0 Å². The molecule has 8 heavy (non-hydrogen) atoms. The van der Waals surface area contributed by atoms with Crippen LogP contribution in [0, 0.1) is 0 Å². The van der Waals surface area contributed by atoms with E-state index in [1.54, 1.807) is 23.2 Å². The highest BCUT2D eigenvalue weighted by Crippen LogP contribution is 1.93. The lowest BCUT2D eigenvalue weighted by Gasteiger charge is -1.72. The van der Waals surface area contributed by atoms with E-state index in [9.17, 15) is 0 Å². The Morgan fingerprint density at radius 3 is 3.38 bits per heavy atom. The van der Waals surface area contributed by atoms with Crippen molar-refractivity contribution in [2.45, 2.75) is 0 Å². The third-order valence-electron chi connectivity index (χ3n) is 1.03. The van der Waals surface area contributed by atoms with Crippen molar-refractivity contribution in [3.8, 4) is 0 Å². The summed E-state index contributed by atoms with van der Waals surface area (Å²) in [7, 11) is 0. The fourth-order valence-electron chi connectivity index (χ4n) is 0.642. The smallest absolute Gasteiger partial charge is 0.117 e. The Morgan fingerprint density at radius 2 is 2.50 bits per heavy atom. The molecule has 0 spiro atoms. The first-order chi connectivity index (χ1) is 3.97. The number of imidazole rings is 1. The second kappa shape index (κ2) is 1.09. The normalized spacial score (nSPS) is 10.5. The van der Waals surface area contributed by atoms with Gasteiger partial charge in [-0.3, -0.25) is 0 Å². The number of nitrogens with one attached hydrogen (secondary N) is 1. The molecule has 1 N–H and O–H groups in total. The Kier molecular flexibility index (Phi) is 0.498. The summed E-state index contributed by atoms with van der Waals surface area (Å²) < 4.78 is 1.74. The van der Waals surface area contributed by atoms with Gasteiger partial charge in [-0.25, -0.2) is 14.7 Å². The number of aromatic nitrogens is 4.